The summed E-state index contributed by atoms with van der Waals surface area (Å²) in [6.07, 6.45) is 1.20. The summed E-state index contributed by atoms with van der Waals surface area (Å²) in [6, 6.07) is 8.26. The van der Waals surface area contributed by atoms with Crippen LogP contribution < -0.4 is 16.2 Å². The Morgan fingerprint density at radius 3 is 2.85 bits per heavy atom. The van der Waals surface area contributed by atoms with Gasteiger partial charge >= 0.3 is 0 Å². The lowest BCUT2D eigenvalue weighted by atomic mass is 10.1. The number of hydrogen-bond donors (Lipinski definition) is 2. The van der Waals surface area contributed by atoms with E-state index >= 15 is 0 Å². The molecule has 106 valence electrons. The highest BCUT2D eigenvalue weighted by Gasteiger charge is 2.29. The van der Waals surface area contributed by atoms with Crippen molar-refractivity contribution in [1.29, 1.82) is 0 Å². The second kappa shape index (κ2) is 5.22. The summed E-state index contributed by atoms with van der Waals surface area (Å²) >= 11 is 0. The Morgan fingerprint density at radius 1 is 1.35 bits per heavy atom. The van der Waals surface area contributed by atoms with Crippen molar-refractivity contribution in [3.05, 3.63) is 24.3 Å². The van der Waals surface area contributed by atoms with Crippen LogP contribution in [0.5, 0.6) is 0 Å². The average molecular weight is 273 g/mol. The van der Waals surface area contributed by atoms with E-state index in [2.05, 4.69) is 27.2 Å². The zero-order valence-electron chi connectivity index (χ0n) is 11.7. The van der Waals surface area contributed by atoms with Gasteiger partial charge in [-0.2, -0.15) is 4.98 Å². The van der Waals surface area contributed by atoms with Crippen LogP contribution in [0.25, 0.3) is 10.9 Å². The first kappa shape index (κ1) is 13.1. The van der Waals surface area contributed by atoms with Crippen LogP contribution in [0.3, 0.4) is 0 Å². The lowest BCUT2D eigenvalue weighted by molar-refractivity contribution is 0.118. The van der Waals surface area contributed by atoms with Crippen molar-refractivity contribution in [2.45, 2.75) is 25.5 Å². The van der Waals surface area contributed by atoms with Gasteiger partial charge in [-0.3, -0.25) is 5.43 Å². The van der Waals surface area contributed by atoms with E-state index in [0.717, 1.165) is 29.7 Å². The highest BCUT2D eigenvalue weighted by atomic mass is 16.5. The number of hydrazine groups is 1. The average Bonchev–Trinajstić information content (AvgIpc) is 2.91. The van der Waals surface area contributed by atoms with Crippen molar-refractivity contribution in [1.82, 2.24) is 9.97 Å². The maximum atomic E-state index is 5.65. The van der Waals surface area contributed by atoms with Crippen LogP contribution in [0.1, 0.15) is 13.3 Å². The molecular weight excluding hydrogens is 254 g/mol. The molecule has 2 atom stereocenters. The number of para-hydroxylation sites is 1. The van der Waals surface area contributed by atoms with Gasteiger partial charge in [-0.1, -0.05) is 12.1 Å². The summed E-state index contributed by atoms with van der Waals surface area (Å²) in [5, 5.41) is 1.02. The Hall–Kier alpha value is -1.92. The van der Waals surface area contributed by atoms with E-state index in [1.807, 2.05) is 31.3 Å². The molecule has 2 heterocycles. The first-order valence-electron chi connectivity index (χ1n) is 6.78. The Balaban J connectivity index is 2.09. The van der Waals surface area contributed by atoms with Gasteiger partial charge in [0.2, 0.25) is 5.95 Å². The minimum absolute atomic E-state index is 0.197. The summed E-state index contributed by atoms with van der Waals surface area (Å²) in [5.74, 6) is 6.78. The van der Waals surface area contributed by atoms with Crippen molar-refractivity contribution >= 4 is 22.7 Å². The highest BCUT2D eigenvalue weighted by molar-refractivity contribution is 5.90. The molecule has 0 saturated carbocycles. The zero-order valence-corrected chi connectivity index (χ0v) is 11.7. The second-order valence-corrected chi connectivity index (χ2v) is 5.08. The number of nitrogens with two attached hydrogens (primary N) is 1. The molecule has 2 unspecified atom stereocenters. The minimum atomic E-state index is 0.197. The van der Waals surface area contributed by atoms with Gasteiger partial charge in [0.15, 0.2) is 0 Å². The smallest absolute Gasteiger partial charge is 0.239 e. The lowest BCUT2D eigenvalue weighted by Crippen LogP contribution is -2.37. The summed E-state index contributed by atoms with van der Waals surface area (Å²) in [6.45, 7) is 2.89. The molecule has 1 fully saturated rings. The van der Waals surface area contributed by atoms with Crippen LogP contribution in [0.2, 0.25) is 0 Å². The first-order valence-corrected chi connectivity index (χ1v) is 6.78. The number of nitrogens with zero attached hydrogens (tertiary/aromatic N) is 3. The summed E-state index contributed by atoms with van der Waals surface area (Å²) in [7, 11) is 2.05. The van der Waals surface area contributed by atoms with Crippen LogP contribution in [0, 0.1) is 0 Å². The molecule has 3 N–H and O–H groups in total. The lowest BCUT2D eigenvalue weighted by Gasteiger charge is -2.28. The first-order chi connectivity index (χ1) is 9.70. The third-order valence-electron chi connectivity index (χ3n) is 3.88. The van der Waals surface area contributed by atoms with Crippen LogP contribution in [0.4, 0.5) is 11.8 Å². The number of ether oxygens (including phenoxy) is 1. The standard InChI is InChI=1S/C14H19N5O/c1-9-12(7-8-20-9)19(2)13-10-5-3-4-6-11(10)16-14(17-13)18-15/h3-6,9,12H,7-8,15H2,1-2H3,(H,16,17,18). The second-order valence-electron chi connectivity index (χ2n) is 5.08. The van der Waals surface area contributed by atoms with Gasteiger partial charge in [0, 0.05) is 19.0 Å². The number of fused-ring (bicyclic) bond motifs is 1. The molecule has 0 aliphatic carbocycles. The normalized spacial score (nSPS) is 22.1. The van der Waals surface area contributed by atoms with Crippen molar-refractivity contribution in [2.75, 3.05) is 24.0 Å². The Bertz CT molecular complexity index is 618. The van der Waals surface area contributed by atoms with Gasteiger partial charge in [-0.05, 0) is 25.5 Å². The minimum Gasteiger partial charge on any atom is -0.376 e. The number of hydrogen-bond acceptors (Lipinski definition) is 6. The number of nitrogen functional groups attached to an aromatic ring is 1. The molecule has 1 aliphatic rings. The largest absolute Gasteiger partial charge is 0.376 e. The van der Waals surface area contributed by atoms with E-state index in [9.17, 15) is 0 Å². The molecule has 6 nitrogen and oxygen atoms in total. The number of likely N-dealkylation sites (N-methyl/N-ethyl adjacent to an activating group) is 1. The van der Waals surface area contributed by atoms with E-state index in [-0.39, 0.29) is 6.10 Å². The zero-order chi connectivity index (χ0) is 14.1. The molecule has 2 aromatic rings. The number of rotatable bonds is 3. The summed E-state index contributed by atoms with van der Waals surface area (Å²) in [4.78, 5) is 11.1. The Kier molecular flexibility index (Phi) is 3.42. The number of aromatic nitrogens is 2. The molecular formula is C14H19N5O. The quantitative estimate of drug-likeness (QED) is 0.652. The third-order valence-corrected chi connectivity index (χ3v) is 3.88. The van der Waals surface area contributed by atoms with Crippen molar-refractivity contribution in [3.63, 3.8) is 0 Å². The summed E-state index contributed by atoms with van der Waals surface area (Å²) < 4.78 is 5.65. The van der Waals surface area contributed by atoms with E-state index in [4.69, 9.17) is 10.6 Å². The van der Waals surface area contributed by atoms with Gasteiger partial charge in [0.25, 0.3) is 0 Å². The molecule has 20 heavy (non-hydrogen) atoms. The SMILES string of the molecule is CC1OCCC1N(C)c1nc(NN)nc2ccccc12. The molecule has 1 saturated heterocycles. The Labute approximate surface area is 117 Å². The number of nitrogens with one attached hydrogen (secondary N) is 1. The van der Waals surface area contributed by atoms with Gasteiger partial charge in [-0.15, -0.1) is 0 Å². The molecule has 0 spiro atoms. The molecule has 1 aromatic heterocycles. The van der Waals surface area contributed by atoms with Crippen LogP contribution in [-0.4, -0.2) is 35.8 Å². The molecule has 1 aromatic carbocycles. The molecule has 6 heteroatoms. The van der Waals surface area contributed by atoms with E-state index in [1.165, 1.54) is 0 Å². The van der Waals surface area contributed by atoms with E-state index in [0.29, 0.717) is 12.0 Å². The molecule has 0 radical (unpaired) electrons. The van der Waals surface area contributed by atoms with Gasteiger partial charge in [0.1, 0.15) is 5.82 Å². The fraction of sp³-hybridized carbons (Fsp3) is 0.429. The fourth-order valence-electron chi connectivity index (χ4n) is 2.78. The number of anilines is 2. The maximum Gasteiger partial charge on any atom is 0.239 e. The van der Waals surface area contributed by atoms with Crippen LogP contribution in [-0.2, 0) is 4.74 Å². The van der Waals surface area contributed by atoms with Crippen LogP contribution >= 0.6 is 0 Å². The highest BCUT2D eigenvalue weighted by Crippen LogP contribution is 2.29. The molecule has 1 aliphatic heterocycles. The summed E-state index contributed by atoms with van der Waals surface area (Å²) in [5.41, 5.74) is 3.41. The van der Waals surface area contributed by atoms with Gasteiger partial charge < -0.3 is 9.64 Å². The van der Waals surface area contributed by atoms with Gasteiger partial charge in [0.05, 0.1) is 17.7 Å². The topological polar surface area (TPSA) is 76.3 Å². The fourth-order valence-corrected chi connectivity index (χ4v) is 2.78. The monoisotopic (exact) mass is 273 g/mol. The predicted molar refractivity (Wildman–Crippen MR) is 79.6 cm³/mol. The van der Waals surface area contributed by atoms with E-state index < -0.39 is 0 Å². The Morgan fingerprint density at radius 2 is 2.15 bits per heavy atom. The predicted octanol–water partition coefficient (Wildman–Crippen LogP) is 1.53. The third kappa shape index (κ3) is 2.17. The van der Waals surface area contributed by atoms with Crippen molar-refractivity contribution in [2.24, 2.45) is 5.84 Å². The van der Waals surface area contributed by atoms with E-state index in [1.54, 1.807) is 0 Å². The van der Waals surface area contributed by atoms with Crippen LogP contribution in [0.15, 0.2) is 24.3 Å². The number of benzene rings is 1. The molecule has 3 rings (SSSR count). The van der Waals surface area contributed by atoms with Gasteiger partial charge in [-0.25, -0.2) is 10.8 Å². The van der Waals surface area contributed by atoms with Crippen molar-refractivity contribution in [3.8, 4) is 0 Å². The van der Waals surface area contributed by atoms with Crippen molar-refractivity contribution < 1.29 is 4.74 Å². The molecule has 0 bridgehead atoms. The maximum absolute atomic E-state index is 5.65. The molecule has 0 amide bonds.